The molecule has 6 nitrogen and oxygen atoms in total. The molecular weight excluding hydrogens is 330 g/mol. The van der Waals surface area contributed by atoms with Gasteiger partial charge in [-0.25, -0.2) is 0 Å². The van der Waals surface area contributed by atoms with Gasteiger partial charge in [-0.3, -0.25) is 8.98 Å². The van der Waals surface area contributed by atoms with Crippen molar-refractivity contribution in [2.45, 2.75) is 51.6 Å². The normalized spacial score (nSPS) is 24.3. The second kappa shape index (κ2) is 5.46. The maximum absolute atomic E-state index is 12.3. The predicted octanol–water partition coefficient (Wildman–Crippen LogP) is 2.46. The zero-order valence-corrected chi connectivity index (χ0v) is 15.4. The highest BCUT2D eigenvalue weighted by molar-refractivity contribution is 7.85. The molecule has 0 saturated heterocycles. The Balaban J connectivity index is 2.05. The molecule has 3 rings (SSSR count). The summed E-state index contributed by atoms with van der Waals surface area (Å²) < 4.78 is 33.7. The number of amides is 1. The summed E-state index contributed by atoms with van der Waals surface area (Å²) in [6.45, 7) is 7.72. The molecule has 2 heterocycles. The Morgan fingerprint density at radius 2 is 2.04 bits per heavy atom. The highest BCUT2D eigenvalue weighted by Crippen LogP contribution is 2.52. The number of ether oxygens (including phenoxy) is 1. The van der Waals surface area contributed by atoms with E-state index < -0.39 is 15.5 Å². The monoisotopic (exact) mass is 353 g/mol. The number of nitrogens with one attached hydrogen (secondary N) is 1. The van der Waals surface area contributed by atoms with Crippen LogP contribution in [0.25, 0.3) is 0 Å². The van der Waals surface area contributed by atoms with Gasteiger partial charge in [0, 0.05) is 17.0 Å². The average Bonchev–Trinajstić information content (AvgIpc) is 2.92. The zero-order chi connectivity index (χ0) is 17.9. The van der Waals surface area contributed by atoms with Gasteiger partial charge in [0.25, 0.3) is 10.1 Å². The third-order valence-electron chi connectivity index (χ3n) is 4.94. The van der Waals surface area contributed by atoms with Crippen LogP contribution in [0.15, 0.2) is 6.07 Å². The molecule has 2 atom stereocenters. The molecule has 24 heavy (non-hydrogen) atoms. The Bertz CT molecular complexity index is 813. The van der Waals surface area contributed by atoms with Crippen LogP contribution in [-0.4, -0.2) is 33.3 Å². The van der Waals surface area contributed by atoms with Crippen LogP contribution in [0.1, 0.15) is 49.8 Å². The fraction of sp³-hybridized carbons (Fsp3) is 0.588. The van der Waals surface area contributed by atoms with Crippen molar-refractivity contribution in [2.24, 2.45) is 0 Å². The van der Waals surface area contributed by atoms with E-state index in [2.05, 4.69) is 5.32 Å². The van der Waals surface area contributed by atoms with E-state index in [1.165, 1.54) is 0 Å². The molecule has 0 saturated carbocycles. The number of fused-ring (bicyclic) bond motifs is 3. The van der Waals surface area contributed by atoms with Gasteiger partial charge in [-0.2, -0.15) is 8.42 Å². The minimum Gasteiger partial charge on any atom is -0.487 e. The average molecular weight is 353 g/mol. The first-order valence-electron chi connectivity index (χ1n) is 8.06. The molecule has 0 fully saturated rings. The van der Waals surface area contributed by atoms with E-state index in [0.717, 1.165) is 35.1 Å². The molecule has 0 aliphatic carbocycles. The third kappa shape index (κ3) is 2.59. The number of carbonyl (C=O) groups is 1. The number of benzene rings is 1. The van der Waals surface area contributed by atoms with Crippen molar-refractivity contribution in [3.8, 4) is 5.75 Å². The van der Waals surface area contributed by atoms with Gasteiger partial charge in [-0.05, 0) is 38.8 Å². The molecule has 2 unspecified atom stereocenters. The molecule has 132 valence electrons. The Labute approximate surface area is 142 Å². The third-order valence-corrected chi connectivity index (χ3v) is 5.50. The van der Waals surface area contributed by atoms with E-state index in [-0.39, 0.29) is 24.5 Å². The van der Waals surface area contributed by atoms with Crippen molar-refractivity contribution in [3.63, 3.8) is 0 Å². The standard InChI is InChI=1S/C17H23NO5S/c1-6-10-11-7-9(2)14-13(17(3,4)16(19)18-14)15(11)23-12(10)8-22-24(5,20)21/h7,10,12H,6,8H2,1-5H3,(H,18,19). The van der Waals surface area contributed by atoms with Crippen LogP contribution in [0, 0.1) is 6.92 Å². The van der Waals surface area contributed by atoms with Crippen LogP contribution in [-0.2, 0) is 24.5 Å². The van der Waals surface area contributed by atoms with Gasteiger partial charge in [-0.15, -0.1) is 0 Å². The molecule has 1 amide bonds. The lowest BCUT2D eigenvalue weighted by atomic mass is 9.81. The second-order valence-electron chi connectivity index (χ2n) is 7.10. The highest BCUT2D eigenvalue weighted by Gasteiger charge is 2.46. The maximum Gasteiger partial charge on any atom is 0.264 e. The molecule has 2 aliphatic heterocycles. The summed E-state index contributed by atoms with van der Waals surface area (Å²) in [5, 5.41) is 2.94. The lowest BCUT2D eigenvalue weighted by Gasteiger charge is -2.19. The van der Waals surface area contributed by atoms with Gasteiger partial charge in [0.2, 0.25) is 5.91 Å². The van der Waals surface area contributed by atoms with Gasteiger partial charge in [0.1, 0.15) is 18.5 Å². The minimum absolute atomic E-state index is 0.0261. The van der Waals surface area contributed by atoms with E-state index in [9.17, 15) is 13.2 Å². The van der Waals surface area contributed by atoms with Gasteiger partial charge >= 0.3 is 0 Å². The maximum atomic E-state index is 12.3. The van der Waals surface area contributed by atoms with Crippen molar-refractivity contribution < 1.29 is 22.1 Å². The molecule has 1 aromatic carbocycles. The van der Waals surface area contributed by atoms with E-state index >= 15 is 0 Å². The second-order valence-corrected chi connectivity index (χ2v) is 8.74. The molecule has 1 aromatic rings. The molecule has 0 aromatic heterocycles. The molecule has 0 radical (unpaired) electrons. The summed E-state index contributed by atoms with van der Waals surface area (Å²) in [4.78, 5) is 12.3. The summed E-state index contributed by atoms with van der Waals surface area (Å²) in [6.07, 6.45) is 1.45. The van der Waals surface area contributed by atoms with Gasteiger partial charge in [0.05, 0.1) is 17.4 Å². The summed E-state index contributed by atoms with van der Waals surface area (Å²) in [5.41, 5.74) is 3.01. The lowest BCUT2D eigenvalue weighted by Crippen LogP contribution is -2.28. The summed E-state index contributed by atoms with van der Waals surface area (Å²) in [6, 6.07) is 2.03. The lowest BCUT2D eigenvalue weighted by molar-refractivity contribution is -0.119. The van der Waals surface area contributed by atoms with E-state index in [0.29, 0.717) is 5.75 Å². The van der Waals surface area contributed by atoms with Crippen molar-refractivity contribution in [1.82, 2.24) is 0 Å². The van der Waals surface area contributed by atoms with Crippen LogP contribution in [0.2, 0.25) is 0 Å². The molecule has 7 heteroatoms. The van der Waals surface area contributed by atoms with Crippen molar-refractivity contribution in [1.29, 1.82) is 0 Å². The highest BCUT2D eigenvalue weighted by atomic mass is 32.2. The van der Waals surface area contributed by atoms with Crippen LogP contribution in [0.3, 0.4) is 0 Å². The number of carbonyl (C=O) groups excluding carboxylic acids is 1. The molecule has 2 aliphatic rings. The largest absolute Gasteiger partial charge is 0.487 e. The first-order chi connectivity index (χ1) is 11.1. The van der Waals surface area contributed by atoms with Gasteiger partial charge in [-0.1, -0.05) is 6.92 Å². The quantitative estimate of drug-likeness (QED) is 0.841. The Kier molecular flexibility index (Phi) is 3.92. The van der Waals surface area contributed by atoms with Crippen molar-refractivity contribution in [2.75, 3.05) is 18.2 Å². The van der Waals surface area contributed by atoms with Crippen LogP contribution < -0.4 is 10.1 Å². The Morgan fingerprint density at radius 3 is 2.62 bits per heavy atom. The molecular formula is C17H23NO5S. The molecule has 1 N–H and O–H groups in total. The fourth-order valence-corrected chi connectivity index (χ4v) is 4.01. The number of hydrogen-bond donors (Lipinski definition) is 1. The van der Waals surface area contributed by atoms with E-state index in [1.54, 1.807) is 0 Å². The van der Waals surface area contributed by atoms with E-state index in [4.69, 9.17) is 8.92 Å². The van der Waals surface area contributed by atoms with Gasteiger partial charge < -0.3 is 10.1 Å². The first kappa shape index (κ1) is 17.2. The number of anilines is 1. The first-order valence-corrected chi connectivity index (χ1v) is 9.88. The van der Waals surface area contributed by atoms with Crippen LogP contribution in [0.4, 0.5) is 5.69 Å². The van der Waals surface area contributed by atoms with Crippen molar-refractivity contribution >= 4 is 21.7 Å². The summed E-state index contributed by atoms with van der Waals surface area (Å²) >= 11 is 0. The Morgan fingerprint density at radius 1 is 1.38 bits per heavy atom. The molecule has 0 spiro atoms. The van der Waals surface area contributed by atoms with E-state index in [1.807, 2.05) is 33.8 Å². The van der Waals surface area contributed by atoms with Crippen LogP contribution in [0.5, 0.6) is 5.75 Å². The topological polar surface area (TPSA) is 81.7 Å². The summed E-state index contributed by atoms with van der Waals surface area (Å²) in [5.74, 6) is 0.687. The predicted molar refractivity (Wildman–Crippen MR) is 91.1 cm³/mol. The van der Waals surface area contributed by atoms with Gasteiger partial charge in [0.15, 0.2) is 0 Å². The smallest absolute Gasteiger partial charge is 0.264 e. The van der Waals surface area contributed by atoms with Crippen molar-refractivity contribution in [3.05, 3.63) is 22.8 Å². The Hall–Kier alpha value is -1.60. The number of hydrogen-bond acceptors (Lipinski definition) is 5. The van der Waals surface area contributed by atoms with Crippen LogP contribution >= 0.6 is 0 Å². The minimum atomic E-state index is -3.53. The number of rotatable bonds is 4. The molecule has 0 bridgehead atoms. The fourth-order valence-electron chi connectivity index (χ4n) is 3.63. The zero-order valence-electron chi connectivity index (χ0n) is 14.6. The summed E-state index contributed by atoms with van der Waals surface area (Å²) in [7, 11) is -3.53. The SMILES string of the molecule is CCC1c2cc(C)c3c(c2OC1COS(C)(=O)=O)C(C)(C)C(=O)N3. The number of aryl methyl sites for hydroxylation is 1.